The molecule has 5 nitrogen and oxygen atoms in total. The first-order valence-corrected chi connectivity index (χ1v) is 8.17. The molecule has 2 heterocycles. The summed E-state index contributed by atoms with van der Waals surface area (Å²) in [6.45, 7) is 2.95. The minimum absolute atomic E-state index is 0.0836. The van der Waals surface area contributed by atoms with Gasteiger partial charge in [0, 0.05) is 12.5 Å². The van der Waals surface area contributed by atoms with Crippen molar-refractivity contribution in [1.29, 1.82) is 0 Å². The molecular formula is C18H20N4O. The van der Waals surface area contributed by atoms with Gasteiger partial charge in [-0.1, -0.05) is 37.3 Å². The largest absolute Gasteiger partial charge is 0.322 e. The summed E-state index contributed by atoms with van der Waals surface area (Å²) in [7, 11) is 0. The molecule has 2 atom stereocenters. The molecule has 4 rings (SSSR count). The summed E-state index contributed by atoms with van der Waals surface area (Å²) in [4.78, 5) is 23.1. The van der Waals surface area contributed by atoms with Crippen molar-refractivity contribution in [2.45, 2.75) is 31.7 Å². The Hall–Kier alpha value is -2.43. The minimum Gasteiger partial charge on any atom is -0.317 e. The van der Waals surface area contributed by atoms with Gasteiger partial charge in [-0.2, -0.15) is 0 Å². The topological polar surface area (TPSA) is 58.1 Å². The Morgan fingerprint density at radius 3 is 2.48 bits per heavy atom. The number of aromatic nitrogens is 2. The summed E-state index contributed by atoms with van der Waals surface area (Å²) in [5.74, 6) is 1.89. The van der Waals surface area contributed by atoms with E-state index in [9.17, 15) is 4.79 Å². The second kappa shape index (κ2) is 5.65. The highest BCUT2D eigenvalue weighted by Gasteiger charge is 2.40. The fourth-order valence-electron chi connectivity index (χ4n) is 3.21. The SMILES string of the molecule is C[C@H]1CN(C(=O)Nc2cnc(C3CC3)nc2)[C@H]1c1ccccc1. The van der Waals surface area contributed by atoms with Gasteiger partial charge in [-0.3, -0.25) is 0 Å². The van der Waals surface area contributed by atoms with E-state index in [-0.39, 0.29) is 12.1 Å². The van der Waals surface area contributed by atoms with Crippen molar-refractivity contribution in [1.82, 2.24) is 14.9 Å². The third kappa shape index (κ3) is 2.79. The Balaban J connectivity index is 1.44. The number of carbonyl (C=O) groups is 1. The molecule has 118 valence electrons. The molecular weight excluding hydrogens is 288 g/mol. The van der Waals surface area contributed by atoms with Crippen molar-refractivity contribution in [2.75, 3.05) is 11.9 Å². The van der Waals surface area contributed by atoms with Crippen LogP contribution in [0.15, 0.2) is 42.7 Å². The van der Waals surface area contributed by atoms with Crippen LogP contribution in [0.3, 0.4) is 0 Å². The number of urea groups is 1. The quantitative estimate of drug-likeness (QED) is 0.943. The van der Waals surface area contributed by atoms with Crippen LogP contribution in [0.25, 0.3) is 0 Å². The number of hydrogen-bond donors (Lipinski definition) is 1. The predicted molar refractivity (Wildman–Crippen MR) is 88.1 cm³/mol. The Morgan fingerprint density at radius 1 is 1.17 bits per heavy atom. The molecule has 2 fully saturated rings. The fourth-order valence-corrected chi connectivity index (χ4v) is 3.21. The van der Waals surface area contributed by atoms with Gasteiger partial charge in [0.2, 0.25) is 0 Å². The lowest BCUT2D eigenvalue weighted by Gasteiger charge is -2.46. The number of amides is 2. The molecule has 5 heteroatoms. The van der Waals surface area contributed by atoms with E-state index >= 15 is 0 Å². The number of benzene rings is 1. The van der Waals surface area contributed by atoms with Gasteiger partial charge in [-0.05, 0) is 24.3 Å². The molecule has 0 radical (unpaired) electrons. The Bertz CT molecular complexity index is 697. The highest BCUT2D eigenvalue weighted by atomic mass is 16.2. The monoisotopic (exact) mass is 308 g/mol. The van der Waals surface area contributed by atoms with E-state index in [0.717, 1.165) is 12.4 Å². The van der Waals surface area contributed by atoms with Gasteiger partial charge in [-0.15, -0.1) is 0 Å². The van der Waals surface area contributed by atoms with Crippen LogP contribution in [-0.2, 0) is 0 Å². The van der Waals surface area contributed by atoms with Crippen LogP contribution in [0.2, 0.25) is 0 Å². The third-order valence-corrected chi connectivity index (χ3v) is 4.63. The molecule has 1 aliphatic heterocycles. The van der Waals surface area contributed by atoms with E-state index in [2.05, 4.69) is 34.3 Å². The number of nitrogens with zero attached hydrogens (tertiary/aromatic N) is 3. The molecule has 1 aliphatic carbocycles. The average Bonchev–Trinajstić information content (AvgIpc) is 3.39. The molecule has 2 amide bonds. The first-order chi connectivity index (χ1) is 11.2. The highest BCUT2D eigenvalue weighted by molar-refractivity contribution is 5.89. The van der Waals surface area contributed by atoms with Crippen molar-refractivity contribution in [2.24, 2.45) is 5.92 Å². The molecule has 0 unspecified atom stereocenters. The zero-order valence-electron chi connectivity index (χ0n) is 13.1. The maximum absolute atomic E-state index is 12.5. The third-order valence-electron chi connectivity index (χ3n) is 4.63. The fraction of sp³-hybridized carbons (Fsp3) is 0.389. The van der Waals surface area contributed by atoms with Gasteiger partial charge in [-0.25, -0.2) is 14.8 Å². The van der Waals surface area contributed by atoms with E-state index in [1.807, 2.05) is 23.1 Å². The van der Waals surface area contributed by atoms with Crippen LogP contribution in [0, 0.1) is 5.92 Å². The molecule has 2 aliphatic rings. The molecule has 0 spiro atoms. The average molecular weight is 308 g/mol. The molecule has 2 aromatic rings. The summed E-state index contributed by atoms with van der Waals surface area (Å²) in [6, 6.07) is 10.2. The van der Waals surface area contributed by atoms with Gasteiger partial charge >= 0.3 is 6.03 Å². The van der Waals surface area contributed by atoms with Gasteiger partial charge in [0.15, 0.2) is 0 Å². The normalized spacial score (nSPS) is 23.3. The number of nitrogens with one attached hydrogen (secondary N) is 1. The van der Waals surface area contributed by atoms with E-state index < -0.39 is 0 Å². The molecule has 1 saturated heterocycles. The van der Waals surface area contributed by atoms with Crippen molar-refractivity contribution in [3.8, 4) is 0 Å². The van der Waals surface area contributed by atoms with Crippen LogP contribution in [0.5, 0.6) is 0 Å². The van der Waals surface area contributed by atoms with Gasteiger partial charge in [0.05, 0.1) is 24.1 Å². The number of anilines is 1. The lowest BCUT2D eigenvalue weighted by atomic mass is 9.85. The number of likely N-dealkylation sites (tertiary alicyclic amines) is 1. The van der Waals surface area contributed by atoms with Crippen molar-refractivity contribution >= 4 is 11.7 Å². The van der Waals surface area contributed by atoms with Gasteiger partial charge in [0.25, 0.3) is 0 Å². The molecule has 1 saturated carbocycles. The second-order valence-electron chi connectivity index (χ2n) is 6.52. The number of hydrogen-bond acceptors (Lipinski definition) is 3. The Labute approximate surface area is 135 Å². The lowest BCUT2D eigenvalue weighted by Crippen LogP contribution is -2.53. The first kappa shape index (κ1) is 14.2. The second-order valence-corrected chi connectivity index (χ2v) is 6.52. The van der Waals surface area contributed by atoms with Gasteiger partial charge in [0.1, 0.15) is 5.82 Å². The highest BCUT2D eigenvalue weighted by Crippen LogP contribution is 2.39. The van der Waals surface area contributed by atoms with Gasteiger partial charge < -0.3 is 10.2 Å². The smallest absolute Gasteiger partial charge is 0.317 e. The zero-order chi connectivity index (χ0) is 15.8. The maximum Gasteiger partial charge on any atom is 0.322 e. The van der Waals surface area contributed by atoms with Crippen molar-refractivity contribution in [3.05, 3.63) is 54.1 Å². The minimum atomic E-state index is -0.0836. The van der Waals surface area contributed by atoms with Crippen LogP contribution in [-0.4, -0.2) is 27.4 Å². The van der Waals surface area contributed by atoms with E-state index in [0.29, 0.717) is 17.5 Å². The molecule has 1 aromatic heterocycles. The Kier molecular flexibility index (Phi) is 3.48. The predicted octanol–water partition coefficient (Wildman–Crippen LogP) is 3.58. The van der Waals surface area contributed by atoms with E-state index in [4.69, 9.17) is 0 Å². The summed E-state index contributed by atoms with van der Waals surface area (Å²) < 4.78 is 0. The summed E-state index contributed by atoms with van der Waals surface area (Å²) in [6.07, 6.45) is 5.77. The summed E-state index contributed by atoms with van der Waals surface area (Å²) in [5, 5.41) is 2.91. The Morgan fingerprint density at radius 2 is 1.87 bits per heavy atom. The van der Waals surface area contributed by atoms with Crippen LogP contribution < -0.4 is 5.32 Å². The molecule has 1 aromatic carbocycles. The zero-order valence-corrected chi connectivity index (χ0v) is 13.1. The molecule has 1 N–H and O–H groups in total. The van der Waals surface area contributed by atoms with Crippen molar-refractivity contribution < 1.29 is 4.79 Å². The maximum atomic E-state index is 12.5. The summed E-state index contributed by atoms with van der Waals surface area (Å²) in [5.41, 5.74) is 1.84. The van der Waals surface area contributed by atoms with Crippen LogP contribution in [0.1, 0.15) is 43.1 Å². The molecule has 23 heavy (non-hydrogen) atoms. The molecule has 0 bridgehead atoms. The summed E-state index contributed by atoms with van der Waals surface area (Å²) >= 11 is 0. The number of rotatable bonds is 3. The van der Waals surface area contributed by atoms with Crippen molar-refractivity contribution in [3.63, 3.8) is 0 Å². The van der Waals surface area contributed by atoms with E-state index in [1.54, 1.807) is 12.4 Å². The first-order valence-electron chi connectivity index (χ1n) is 8.17. The van der Waals surface area contributed by atoms with E-state index in [1.165, 1.54) is 18.4 Å². The standard InChI is InChI=1S/C18H20N4O/c1-12-11-22(16(12)13-5-3-2-4-6-13)18(23)21-15-9-19-17(20-10-15)14-7-8-14/h2-6,9-10,12,14,16H,7-8,11H2,1H3,(H,21,23)/t12-,16+/m0/s1. The van der Waals surface area contributed by atoms with Crippen LogP contribution in [0.4, 0.5) is 10.5 Å². The van der Waals surface area contributed by atoms with Crippen LogP contribution >= 0.6 is 0 Å². The lowest BCUT2D eigenvalue weighted by molar-refractivity contribution is 0.0671. The number of carbonyl (C=O) groups excluding carboxylic acids is 1.